The van der Waals surface area contributed by atoms with Crippen molar-refractivity contribution in [3.63, 3.8) is 0 Å². The number of carbonyl (C=O) groups excluding carboxylic acids is 2. The van der Waals surface area contributed by atoms with Crippen molar-refractivity contribution in [1.29, 1.82) is 0 Å². The topological polar surface area (TPSA) is 92.2 Å². The Kier molecular flexibility index (Phi) is 9.04. The molecule has 1 heterocycles. The summed E-state index contributed by atoms with van der Waals surface area (Å²) in [6.07, 6.45) is 2.06. The maximum Gasteiger partial charge on any atom is 1.00 e. The molecule has 0 saturated carbocycles. The molecule has 9 heteroatoms. The number of benzene rings is 3. The standard InChI is InChI=1S/C25H20N2O4S2.Na/c1-31-18-8-3-15(4-9-18)13-20(24(28)16-5-10-19(32-2)11-6-16)23(25(29)30)17-7-12-21-22(14-17)27-33-26-21;/h3-12,14H,13H2,1-2H3,(H,29,30);/q;+1/p-1. The maximum atomic E-state index is 13.6. The van der Waals surface area contributed by atoms with E-state index in [1.807, 2.05) is 30.5 Å². The van der Waals surface area contributed by atoms with Gasteiger partial charge in [-0.3, -0.25) is 4.79 Å². The zero-order valence-electron chi connectivity index (χ0n) is 18.9. The number of nitrogens with zero attached hydrogens (tertiary/aromatic N) is 2. The molecule has 1 aromatic heterocycles. The van der Waals surface area contributed by atoms with E-state index >= 15 is 0 Å². The number of thioether (sulfide) groups is 1. The second-order valence-corrected chi connectivity index (χ2v) is 8.60. The number of aromatic nitrogens is 2. The normalized spacial score (nSPS) is 11.5. The molecule has 3 aromatic carbocycles. The van der Waals surface area contributed by atoms with Gasteiger partial charge in [-0.15, -0.1) is 11.8 Å². The van der Waals surface area contributed by atoms with Crippen molar-refractivity contribution in [1.82, 2.24) is 8.75 Å². The van der Waals surface area contributed by atoms with Crippen LogP contribution in [0.2, 0.25) is 0 Å². The van der Waals surface area contributed by atoms with E-state index in [0.717, 1.165) is 22.2 Å². The average Bonchev–Trinajstić information content (AvgIpc) is 3.31. The van der Waals surface area contributed by atoms with E-state index in [-0.39, 0.29) is 52.9 Å². The van der Waals surface area contributed by atoms with Gasteiger partial charge >= 0.3 is 29.6 Å². The molecule has 0 aliphatic carbocycles. The van der Waals surface area contributed by atoms with Gasteiger partial charge in [-0.05, 0) is 65.9 Å². The number of hydrogen-bond donors (Lipinski definition) is 0. The van der Waals surface area contributed by atoms with Gasteiger partial charge in [0, 0.05) is 28.0 Å². The number of carboxylic acid groups (broad SMARTS) is 1. The van der Waals surface area contributed by atoms with Crippen LogP contribution in [0, 0.1) is 0 Å². The smallest absolute Gasteiger partial charge is 0.545 e. The first-order valence-electron chi connectivity index (χ1n) is 9.99. The predicted octanol–water partition coefficient (Wildman–Crippen LogP) is 1.05. The summed E-state index contributed by atoms with van der Waals surface area (Å²) >= 11 is 2.61. The molecule has 34 heavy (non-hydrogen) atoms. The SMILES string of the molecule is COc1ccc(CC(C(=O)c2ccc(SC)cc2)=C(C(=O)[O-])c2ccc3nsnc3c2)cc1.[Na+]. The first-order chi connectivity index (χ1) is 16.0. The van der Waals surface area contributed by atoms with Crippen LogP contribution in [-0.2, 0) is 11.2 Å². The van der Waals surface area contributed by atoms with Crippen LogP contribution in [0.5, 0.6) is 5.75 Å². The van der Waals surface area contributed by atoms with Gasteiger partial charge in [-0.1, -0.05) is 18.2 Å². The summed E-state index contributed by atoms with van der Waals surface area (Å²) < 4.78 is 13.6. The number of fused-ring (bicyclic) bond motifs is 1. The van der Waals surface area contributed by atoms with Crippen LogP contribution in [0.15, 0.2) is 77.2 Å². The van der Waals surface area contributed by atoms with Gasteiger partial charge in [0.05, 0.1) is 24.8 Å². The molecule has 4 rings (SSSR count). The van der Waals surface area contributed by atoms with E-state index in [0.29, 0.717) is 27.9 Å². The average molecular weight is 499 g/mol. The molecule has 0 aliphatic rings. The molecule has 0 spiro atoms. The molecule has 0 saturated heterocycles. The second kappa shape index (κ2) is 11.8. The molecule has 4 aromatic rings. The summed E-state index contributed by atoms with van der Waals surface area (Å²) in [6.45, 7) is 0. The van der Waals surface area contributed by atoms with Crippen molar-refractivity contribution in [2.45, 2.75) is 11.3 Å². The van der Waals surface area contributed by atoms with Crippen LogP contribution < -0.4 is 39.4 Å². The fourth-order valence-electron chi connectivity index (χ4n) is 3.50. The van der Waals surface area contributed by atoms with Crippen LogP contribution in [0.4, 0.5) is 0 Å². The largest absolute Gasteiger partial charge is 1.00 e. The minimum absolute atomic E-state index is 0. The molecule has 0 unspecified atom stereocenters. The molecule has 0 amide bonds. The van der Waals surface area contributed by atoms with E-state index in [1.165, 1.54) is 0 Å². The summed E-state index contributed by atoms with van der Waals surface area (Å²) in [5.74, 6) is -1.12. The first kappa shape index (κ1) is 26.1. The van der Waals surface area contributed by atoms with Gasteiger partial charge < -0.3 is 14.6 Å². The predicted molar refractivity (Wildman–Crippen MR) is 129 cm³/mol. The zero-order valence-corrected chi connectivity index (χ0v) is 22.5. The first-order valence-corrected chi connectivity index (χ1v) is 11.9. The molecule has 0 radical (unpaired) electrons. The zero-order chi connectivity index (χ0) is 23.4. The van der Waals surface area contributed by atoms with Gasteiger partial charge in [0.1, 0.15) is 16.8 Å². The van der Waals surface area contributed by atoms with Crippen LogP contribution in [0.1, 0.15) is 21.5 Å². The molecule has 0 N–H and O–H groups in total. The minimum Gasteiger partial charge on any atom is -0.545 e. The summed E-state index contributed by atoms with van der Waals surface area (Å²) in [7, 11) is 1.57. The van der Waals surface area contributed by atoms with Gasteiger partial charge in [0.15, 0.2) is 5.78 Å². The molecule has 0 bridgehead atoms. The van der Waals surface area contributed by atoms with Crippen molar-refractivity contribution >= 4 is 51.8 Å². The number of carbonyl (C=O) groups is 2. The Morgan fingerprint density at radius 1 is 0.941 bits per heavy atom. The summed E-state index contributed by atoms with van der Waals surface area (Å²) in [6, 6.07) is 19.2. The molecular formula is C25H19N2NaO4S2. The Morgan fingerprint density at radius 2 is 1.59 bits per heavy atom. The van der Waals surface area contributed by atoms with Crippen LogP contribution >= 0.6 is 23.5 Å². The van der Waals surface area contributed by atoms with Gasteiger partial charge in [0.25, 0.3) is 0 Å². The summed E-state index contributed by atoms with van der Waals surface area (Å²) in [5, 5.41) is 12.4. The molecule has 0 aliphatic heterocycles. The maximum absolute atomic E-state index is 13.6. The van der Waals surface area contributed by atoms with E-state index in [9.17, 15) is 14.7 Å². The van der Waals surface area contributed by atoms with Crippen LogP contribution in [0.3, 0.4) is 0 Å². The van der Waals surface area contributed by atoms with E-state index in [2.05, 4.69) is 8.75 Å². The summed E-state index contributed by atoms with van der Waals surface area (Å²) in [5.41, 5.74) is 2.75. The number of allylic oxidation sites excluding steroid dienone is 1. The minimum atomic E-state index is -1.42. The van der Waals surface area contributed by atoms with E-state index < -0.39 is 5.97 Å². The fraction of sp³-hybridized carbons (Fsp3) is 0.120. The molecule has 0 atom stereocenters. The Labute approximate surface area is 227 Å². The number of aliphatic carboxylic acids is 1. The van der Waals surface area contributed by atoms with E-state index in [4.69, 9.17) is 4.74 Å². The molecule has 0 fully saturated rings. The van der Waals surface area contributed by atoms with Crippen molar-refractivity contribution in [3.05, 3.63) is 89.0 Å². The number of methoxy groups -OCH3 is 1. The summed E-state index contributed by atoms with van der Waals surface area (Å²) in [4.78, 5) is 27.0. The quantitative estimate of drug-likeness (QED) is 0.155. The monoisotopic (exact) mass is 498 g/mol. The number of ketones is 1. The second-order valence-electron chi connectivity index (χ2n) is 7.19. The van der Waals surface area contributed by atoms with Gasteiger partial charge in [0.2, 0.25) is 0 Å². The van der Waals surface area contributed by atoms with Crippen molar-refractivity contribution < 1.29 is 49.0 Å². The van der Waals surface area contributed by atoms with Crippen molar-refractivity contribution in [2.24, 2.45) is 0 Å². The van der Waals surface area contributed by atoms with Crippen molar-refractivity contribution in [3.8, 4) is 5.75 Å². The number of rotatable bonds is 8. The Balaban J connectivity index is 0.00000324. The Bertz CT molecular complexity index is 1350. The Morgan fingerprint density at radius 3 is 2.21 bits per heavy atom. The third-order valence-corrected chi connectivity index (χ3v) is 6.51. The van der Waals surface area contributed by atoms with Crippen molar-refractivity contribution in [2.75, 3.05) is 13.4 Å². The number of ether oxygens (including phenoxy) is 1. The number of carboxylic acids is 1. The third-order valence-electron chi connectivity index (χ3n) is 5.21. The molecular weight excluding hydrogens is 479 g/mol. The van der Waals surface area contributed by atoms with Gasteiger partial charge in [-0.25, -0.2) is 0 Å². The molecule has 6 nitrogen and oxygen atoms in total. The Hall–Kier alpha value is -2.49. The third kappa shape index (κ3) is 5.76. The van der Waals surface area contributed by atoms with Crippen LogP contribution in [0.25, 0.3) is 16.6 Å². The van der Waals surface area contributed by atoms with Crippen LogP contribution in [-0.4, -0.2) is 33.9 Å². The number of hydrogen-bond acceptors (Lipinski definition) is 8. The van der Waals surface area contributed by atoms with E-state index in [1.54, 1.807) is 61.3 Å². The van der Waals surface area contributed by atoms with Gasteiger partial charge in [-0.2, -0.15) is 8.75 Å². The molecule has 166 valence electrons. The number of Topliss-reactive ketones (excluding diaryl/α,β-unsaturated/α-hetero) is 1. The fourth-order valence-corrected chi connectivity index (χ4v) is 4.42.